The normalized spacial score (nSPS) is 26.4. The van der Waals surface area contributed by atoms with Crippen molar-refractivity contribution in [3.8, 4) is 5.75 Å². The lowest BCUT2D eigenvalue weighted by Gasteiger charge is -2.60. The van der Waals surface area contributed by atoms with Gasteiger partial charge in [-0.15, -0.1) is 0 Å². The molecular formula is C42H46O7. The summed E-state index contributed by atoms with van der Waals surface area (Å²) < 4.78 is 12.7. The number of allylic oxidation sites excluding steroid dienone is 2. The Labute approximate surface area is 288 Å². The van der Waals surface area contributed by atoms with Gasteiger partial charge >= 0.3 is 0 Å². The highest BCUT2D eigenvalue weighted by Gasteiger charge is 2.71. The molecule has 0 saturated heterocycles. The van der Waals surface area contributed by atoms with Crippen LogP contribution in [0.25, 0.3) is 0 Å². The molecule has 4 atom stereocenters. The van der Waals surface area contributed by atoms with Gasteiger partial charge < -0.3 is 19.7 Å². The fourth-order valence-electron chi connectivity index (χ4n) is 9.00. The highest BCUT2D eigenvalue weighted by molar-refractivity contribution is 6.25. The van der Waals surface area contributed by atoms with Crippen molar-refractivity contribution in [3.05, 3.63) is 123 Å². The molecule has 3 aliphatic rings. The Balaban J connectivity index is 1.53. The van der Waals surface area contributed by atoms with Crippen molar-refractivity contribution >= 4 is 17.3 Å². The van der Waals surface area contributed by atoms with Crippen molar-refractivity contribution in [1.29, 1.82) is 0 Å². The van der Waals surface area contributed by atoms with E-state index in [9.17, 15) is 24.6 Å². The van der Waals surface area contributed by atoms with E-state index >= 15 is 0 Å². The SMILES string of the molecule is CC(=O)C1=C(OCc2ccccc2)C(C(C)C)[C@@]2(C)C[C@@]3(C)Cc4c(C(C)C)ccc(OCc5ccccc5)c4C(=O)C3=C(O)[C@@]2(O)C1=O. The number of aliphatic hydroxyl groups excluding tert-OH is 1. The lowest BCUT2D eigenvalue weighted by molar-refractivity contribution is -0.173. The van der Waals surface area contributed by atoms with E-state index in [4.69, 9.17) is 9.47 Å². The maximum Gasteiger partial charge on any atom is 0.209 e. The number of Topliss-reactive ketones (excluding diaryl/α,β-unsaturated/α-hetero) is 3. The number of carbonyl (C=O) groups excluding carboxylic acids is 3. The Kier molecular flexibility index (Phi) is 8.73. The van der Waals surface area contributed by atoms with Gasteiger partial charge in [0.1, 0.15) is 36.1 Å². The van der Waals surface area contributed by atoms with Gasteiger partial charge in [-0.25, -0.2) is 0 Å². The Morgan fingerprint density at radius 3 is 1.98 bits per heavy atom. The molecule has 0 aliphatic heterocycles. The molecule has 0 spiro atoms. The van der Waals surface area contributed by atoms with Gasteiger partial charge in [-0.2, -0.15) is 0 Å². The second kappa shape index (κ2) is 12.4. The van der Waals surface area contributed by atoms with Crippen molar-refractivity contribution in [2.45, 2.75) is 86.0 Å². The van der Waals surface area contributed by atoms with Crippen LogP contribution < -0.4 is 4.74 Å². The van der Waals surface area contributed by atoms with Gasteiger partial charge in [-0.3, -0.25) is 14.4 Å². The number of carbonyl (C=O) groups is 3. The average Bonchev–Trinajstić information content (AvgIpc) is 3.04. The molecule has 7 heteroatoms. The van der Waals surface area contributed by atoms with E-state index in [2.05, 4.69) is 13.8 Å². The molecule has 2 N–H and O–H groups in total. The quantitative estimate of drug-likeness (QED) is 0.224. The Morgan fingerprint density at radius 2 is 1.45 bits per heavy atom. The zero-order valence-electron chi connectivity index (χ0n) is 29.4. The molecule has 0 aromatic heterocycles. The van der Waals surface area contributed by atoms with Crippen LogP contribution in [0.2, 0.25) is 0 Å². The van der Waals surface area contributed by atoms with Gasteiger partial charge in [0.15, 0.2) is 17.2 Å². The zero-order chi connectivity index (χ0) is 35.5. The van der Waals surface area contributed by atoms with Crippen LogP contribution in [0.1, 0.15) is 93.4 Å². The summed E-state index contributed by atoms with van der Waals surface area (Å²) in [7, 11) is 0. The first-order valence-corrected chi connectivity index (χ1v) is 17.2. The number of fused-ring (bicyclic) bond motifs is 3. The number of ether oxygens (including phenoxy) is 2. The van der Waals surface area contributed by atoms with Crippen LogP contribution in [0.4, 0.5) is 0 Å². The van der Waals surface area contributed by atoms with Crippen LogP contribution in [0, 0.1) is 22.7 Å². The third kappa shape index (κ3) is 5.34. The number of ketones is 3. The number of hydrogen-bond acceptors (Lipinski definition) is 7. The van der Waals surface area contributed by atoms with Gasteiger partial charge in [-0.1, -0.05) is 108 Å². The minimum absolute atomic E-state index is 0.00199. The van der Waals surface area contributed by atoms with Crippen molar-refractivity contribution in [2.75, 3.05) is 0 Å². The van der Waals surface area contributed by atoms with E-state index in [0.29, 0.717) is 17.7 Å². The molecule has 3 aromatic rings. The molecular weight excluding hydrogens is 616 g/mol. The van der Waals surface area contributed by atoms with Crippen LogP contribution >= 0.6 is 0 Å². The fraction of sp³-hybridized carbons (Fsp3) is 0.405. The molecule has 256 valence electrons. The summed E-state index contributed by atoms with van der Waals surface area (Å²) in [6.45, 7) is 13.4. The molecule has 0 radical (unpaired) electrons. The van der Waals surface area contributed by atoms with E-state index in [1.807, 2.05) is 87.5 Å². The largest absolute Gasteiger partial charge is 0.508 e. The molecule has 1 unspecified atom stereocenters. The summed E-state index contributed by atoms with van der Waals surface area (Å²) in [5.74, 6) is -2.81. The first kappa shape index (κ1) is 34.4. The first-order valence-electron chi connectivity index (χ1n) is 17.2. The summed E-state index contributed by atoms with van der Waals surface area (Å²) in [4.78, 5) is 42.7. The maximum atomic E-state index is 14.8. The lowest BCUT2D eigenvalue weighted by Crippen LogP contribution is -2.67. The second-order valence-electron chi connectivity index (χ2n) is 15.2. The van der Waals surface area contributed by atoms with E-state index in [-0.39, 0.29) is 48.4 Å². The van der Waals surface area contributed by atoms with Gasteiger partial charge in [0.05, 0.1) is 5.56 Å². The van der Waals surface area contributed by atoms with Gasteiger partial charge in [0.25, 0.3) is 0 Å². The van der Waals surface area contributed by atoms with Crippen LogP contribution in [-0.4, -0.2) is 33.2 Å². The summed E-state index contributed by atoms with van der Waals surface area (Å²) in [5.41, 5.74) is -1.11. The Morgan fingerprint density at radius 1 is 0.878 bits per heavy atom. The maximum absolute atomic E-state index is 14.8. The van der Waals surface area contributed by atoms with Gasteiger partial charge in [0, 0.05) is 22.3 Å². The zero-order valence-corrected chi connectivity index (χ0v) is 29.4. The molecule has 7 nitrogen and oxygen atoms in total. The van der Waals surface area contributed by atoms with E-state index in [0.717, 1.165) is 22.3 Å². The van der Waals surface area contributed by atoms with Crippen molar-refractivity contribution in [3.63, 3.8) is 0 Å². The Hall–Kier alpha value is -4.49. The molecule has 6 rings (SSSR count). The third-order valence-electron chi connectivity index (χ3n) is 11.0. The molecule has 0 heterocycles. The summed E-state index contributed by atoms with van der Waals surface area (Å²) in [6.07, 6.45) is 0.573. The summed E-state index contributed by atoms with van der Waals surface area (Å²) in [5, 5.41) is 25.0. The van der Waals surface area contributed by atoms with Crippen LogP contribution in [0.5, 0.6) is 5.75 Å². The van der Waals surface area contributed by atoms with Gasteiger partial charge in [-0.05, 0) is 59.9 Å². The molecule has 0 amide bonds. The highest BCUT2D eigenvalue weighted by Crippen LogP contribution is 2.65. The van der Waals surface area contributed by atoms with Crippen molar-refractivity contribution < 1.29 is 34.1 Å². The molecule has 49 heavy (non-hydrogen) atoms. The molecule has 0 fully saturated rings. The van der Waals surface area contributed by atoms with E-state index in [1.54, 1.807) is 13.0 Å². The fourth-order valence-corrected chi connectivity index (χ4v) is 9.00. The highest BCUT2D eigenvalue weighted by atomic mass is 16.5. The van der Waals surface area contributed by atoms with E-state index < -0.39 is 45.5 Å². The lowest BCUT2D eigenvalue weighted by atomic mass is 9.44. The summed E-state index contributed by atoms with van der Waals surface area (Å²) in [6, 6.07) is 22.9. The smallest absolute Gasteiger partial charge is 0.209 e. The summed E-state index contributed by atoms with van der Waals surface area (Å²) >= 11 is 0. The monoisotopic (exact) mass is 662 g/mol. The topological polar surface area (TPSA) is 110 Å². The molecule has 0 saturated carbocycles. The number of aliphatic hydroxyl groups is 2. The molecule has 3 aromatic carbocycles. The minimum Gasteiger partial charge on any atom is -0.508 e. The standard InChI is InChI=1S/C42H46O7/c1-24(2)29-18-19-31(48-21-27-14-10-8-11-15-27)33-30(29)20-40(6)23-41(7)34(25(3)4)37(49-22-28-16-12-9-13-17-28)32(26(5)43)38(45)42(41,47)39(46)35(40)36(33)44/h8-19,24-25,34,46-47H,20-23H2,1-7H3/t34?,40-,41-,42+/m1/s1. The number of rotatable bonds is 9. The van der Waals surface area contributed by atoms with Crippen LogP contribution in [0.3, 0.4) is 0 Å². The van der Waals surface area contributed by atoms with E-state index in [1.165, 1.54) is 6.92 Å². The Bertz CT molecular complexity index is 1890. The molecule has 0 bridgehead atoms. The minimum atomic E-state index is -2.54. The average molecular weight is 663 g/mol. The third-order valence-corrected chi connectivity index (χ3v) is 11.0. The second-order valence-corrected chi connectivity index (χ2v) is 15.2. The predicted molar refractivity (Wildman–Crippen MR) is 187 cm³/mol. The van der Waals surface area contributed by atoms with Crippen molar-refractivity contribution in [2.24, 2.45) is 22.7 Å². The van der Waals surface area contributed by atoms with Crippen molar-refractivity contribution in [1.82, 2.24) is 0 Å². The molecule has 3 aliphatic carbocycles. The predicted octanol–water partition coefficient (Wildman–Crippen LogP) is 8.00. The first-order chi connectivity index (χ1) is 23.2. The number of benzene rings is 3. The van der Waals surface area contributed by atoms with Gasteiger partial charge in [0.2, 0.25) is 5.78 Å². The van der Waals surface area contributed by atoms with Crippen LogP contribution in [0.15, 0.2) is 95.5 Å². The van der Waals surface area contributed by atoms with Crippen LogP contribution in [-0.2, 0) is 34.0 Å². The number of hydrogen-bond donors (Lipinski definition) is 2.